The van der Waals surface area contributed by atoms with Crippen LogP contribution in [0.2, 0.25) is 0 Å². The van der Waals surface area contributed by atoms with Crippen molar-refractivity contribution in [3.05, 3.63) is 95.7 Å². The molecule has 1 aromatic heterocycles. The zero-order valence-electron chi connectivity index (χ0n) is 17.6. The number of nitrogens with one attached hydrogen (secondary N) is 2. The number of fused-ring (bicyclic) bond motifs is 1. The lowest BCUT2D eigenvalue weighted by Gasteiger charge is -2.14. The molecule has 4 rings (SSSR count). The minimum atomic E-state index is -0.0247. The van der Waals surface area contributed by atoms with Crippen molar-refractivity contribution in [2.24, 2.45) is 0 Å². The number of carbonyl (C=O) groups is 1. The molecule has 0 unspecified atom stereocenters. The highest BCUT2D eigenvalue weighted by atomic mass is 16.5. The highest BCUT2D eigenvalue weighted by molar-refractivity contribution is 5.86. The smallest absolute Gasteiger partial charge is 0.216 e. The van der Waals surface area contributed by atoms with Crippen molar-refractivity contribution < 1.29 is 14.3 Å². The Morgan fingerprint density at radius 2 is 1.45 bits per heavy atom. The third kappa shape index (κ3) is 5.45. The summed E-state index contributed by atoms with van der Waals surface area (Å²) in [5, 5.41) is 3.92. The van der Waals surface area contributed by atoms with Crippen LogP contribution in [0.1, 0.15) is 23.6 Å². The van der Waals surface area contributed by atoms with E-state index in [1.807, 2.05) is 79.0 Å². The predicted octanol–water partition coefficient (Wildman–Crippen LogP) is 5.00. The summed E-state index contributed by atoms with van der Waals surface area (Å²) in [7, 11) is 0. The van der Waals surface area contributed by atoms with Gasteiger partial charge in [0.2, 0.25) is 5.91 Å². The van der Waals surface area contributed by atoms with Gasteiger partial charge in [0.15, 0.2) is 11.5 Å². The van der Waals surface area contributed by atoms with Gasteiger partial charge in [-0.3, -0.25) is 4.79 Å². The maximum absolute atomic E-state index is 11.2. The average molecular weight is 415 g/mol. The predicted molar refractivity (Wildman–Crippen MR) is 122 cm³/mol. The summed E-state index contributed by atoms with van der Waals surface area (Å²) in [5.41, 5.74) is 4.30. The second-order valence-corrected chi connectivity index (χ2v) is 7.44. The number of ether oxygens (including phenoxy) is 2. The number of H-pyrrole nitrogens is 1. The maximum Gasteiger partial charge on any atom is 0.216 e. The molecule has 0 aliphatic rings. The average Bonchev–Trinajstić information content (AvgIpc) is 3.18. The molecule has 0 radical (unpaired) electrons. The van der Waals surface area contributed by atoms with E-state index in [0.717, 1.165) is 34.0 Å². The van der Waals surface area contributed by atoms with Crippen molar-refractivity contribution in [3.63, 3.8) is 0 Å². The van der Waals surface area contributed by atoms with E-state index >= 15 is 0 Å². The van der Waals surface area contributed by atoms with Crippen molar-refractivity contribution in [1.29, 1.82) is 0 Å². The first-order valence-corrected chi connectivity index (χ1v) is 10.4. The van der Waals surface area contributed by atoms with Crippen LogP contribution in [0.15, 0.2) is 79.0 Å². The topological polar surface area (TPSA) is 63.4 Å². The number of aromatic amines is 1. The van der Waals surface area contributed by atoms with Crippen LogP contribution in [0, 0.1) is 0 Å². The monoisotopic (exact) mass is 414 g/mol. The molecular formula is C26H26N2O3. The largest absolute Gasteiger partial charge is 0.485 e. The number of hydrogen-bond donors (Lipinski definition) is 2. The maximum atomic E-state index is 11.2. The fraction of sp³-hybridized carbons (Fsp3) is 0.192. The molecule has 31 heavy (non-hydrogen) atoms. The number of aromatic nitrogens is 1. The Bertz CT molecular complexity index is 1140. The van der Waals surface area contributed by atoms with Gasteiger partial charge in [0.05, 0.1) is 0 Å². The lowest BCUT2D eigenvalue weighted by molar-refractivity contribution is -0.118. The number of rotatable bonds is 9. The number of benzene rings is 3. The third-order valence-corrected chi connectivity index (χ3v) is 5.07. The zero-order chi connectivity index (χ0) is 21.5. The van der Waals surface area contributed by atoms with Gasteiger partial charge in [0.1, 0.15) is 13.2 Å². The molecule has 158 valence electrons. The van der Waals surface area contributed by atoms with Crippen molar-refractivity contribution in [3.8, 4) is 11.5 Å². The van der Waals surface area contributed by atoms with Gasteiger partial charge < -0.3 is 19.8 Å². The van der Waals surface area contributed by atoms with Crippen LogP contribution >= 0.6 is 0 Å². The second kappa shape index (κ2) is 9.85. The molecule has 4 aromatic rings. The molecule has 0 spiro atoms. The second-order valence-electron chi connectivity index (χ2n) is 7.44. The minimum absolute atomic E-state index is 0.0247. The zero-order valence-corrected chi connectivity index (χ0v) is 17.6. The van der Waals surface area contributed by atoms with E-state index in [1.54, 1.807) is 0 Å². The SMILES string of the molecule is CC(=O)NCCc1c[nH]c2cc(OCc3ccccc3)c(OCc3ccccc3)cc12. The van der Waals surface area contributed by atoms with Crippen molar-refractivity contribution >= 4 is 16.8 Å². The Morgan fingerprint density at radius 1 is 0.871 bits per heavy atom. The molecule has 5 heteroatoms. The Balaban J connectivity index is 1.59. The fourth-order valence-corrected chi connectivity index (χ4v) is 3.46. The molecule has 1 amide bonds. The number of amides is 1. The fourth-order valence-electron chi connectivity index (χ4n) is 3.46. The lowest BCUT2D eigenvalue weighted by atomic mass is 10.1. The summed E-state index contributed by atoms with van der Waals surface area (Å²) in [5.74, 6) is 1.37. The van der Waals surface area contributed by atoms with Crippen LogP contribution in [0.5, 0.6) is 11.5 Å². The van der Waals surface area contributed by atoms with E-state index in [2.05, 4.69) is 10.3 Å². The number of hydrogen-bond acceptors (Lipinski definition) is 3. The molecule has 0 aliphatic carbocycles. The molecule has 0 aliphatic heterocycles. The van der Waals surface area contributed by atoms with Gasteiger partial charge in [-0.2, -0.15) is 0 Å². The minimum Gasteiger partial charge on any atom is -0.485 e. The van der Waals surface area contributed by atoms with Gasteiger partial charge in [0, 0.05) is 36.6 Å². The molecule has 0 saturated carbocycles. The van der Waals surface area contributed by atoms with Crippen LogP contribution in [0.4, 0.5) is 0 Å². The highest BCUT2D eigenvalue weighted by Gasteiger charge is 2.13. The molecule has 5 nitrogen and oxygen atoms in total. The van der Waals surface area contributed by atoms with E-state index in [9.17, 15) is 4.79 Å². The van der Waals surface area contributed by atoms with Gasteiger partial charge in [-0.05, 0) is 29.2 Å². The lowest BCUT2D eigenvalue weighted by Crippen LogP contribution is -2.22. The molecule has 0 fully saturated rings. The van der Waals surface area contributed by atoms with E-state index in [-0.39, 0.29) is 5.91 Å². The van der Waals surface area contributed by atoms with Crippen LogP contribution in [-0.4, -0.2) is 17.4 Å². The van der Waals surface area contributed by atoms with E-state index < -0.39 is 0 Å². The first-order valence-electron chi connectivity index (χ1n) is 10.4. The molecule has 0 atom stereocenters. The molecule has 2 N–H and O–H groups in total. The molecule has 0 saturated heterocycles. The molecule has 3 aromatic carbocycles. The van der Waals surface area contributed by atoms with Gasteiger partial charge in [-0.25, -0.2) is 0 Å². The van der Waals surface area contributed by atoms with Crippen LogP contribution in [-0.2, 0) is 24.4 Å². The summed E-state index contributed by atoms with van der Waals surface area (Å²) in [6.45, 7) is 3.04. The van der Waals surface area contributed by atoms with Gasteiger partial charge in [-0.15, -0.1) is 0 Å². The van der Waals surface area contributed by atoms with Gasteiger partial charge >= 0.3 is 0 Å². The van der Waals surface area contributed by atoms with Gasteiger partial charge in [-0.1, -0.05) is 60.7 Å². The first-order chi connectivity index (χ1) is 15.2. The number of carbonyl (C=O) groups excluding carboxylic acids is 1. The third-order valence-electron chi connectivity index (χ3n) is 5.07. The molecule has 1 heterocycles. The summed E-state index contributed by atoms with van der Waals surface area (Å²) in [4.78, 5) is 14.5. The van der Waals surface area contributed by atoms with E-state index in [1.165, 1.54) is 6.92 Å². The summed E-state index contributed by atoms with van der Waals surface area (Å²) in [6, 6.07) is 24.2. The Hall–Kier alpha value is -3.73. The summed E-state index contributed by atoms with van der Waals surface area (Å²) in [6.07, 6.45) is 2.72. The summed E-state index contributed by atoms with van der Waals surface area (Å²) >= 11 is 0. The highest BCUT2D eigenvalue weighted by Crippen LogP contribution is 2.35. The normalized spacial score (nSPS) is 10.7. The standard InChI is InChI=1S/C26H26N2O3/c1-19(29)27-13-12-22-16-28-24-15-26(31-18-21-10-6-3-7-11-21)25(14-23(22)24)30-17-20-8-4-2-5-9-20/h2-11,14-16,28H,12-13,17-18H2,1H3,(H,27,29). The van der Waals surface area contributed by atoms with E-state index in [0.29, 0.717) is 31.3 Å². The van der Waals surface area contributed by atoms with E-state index in [4.69, 9.17) is 9.47 Å². The van der Waals surface area contributed by atoms with Crippen molar-refractivity contribution in [2.75, 3.05) is 6.54 Å². The van der Waals surface area contributed by atoms with Crippen LogP contribution in [0.3, 0.4) is 0 Å². The molecular weight excluding hydrogens is 388 g/mol. The van der Waals surface area contributed by atoms with Gasteiger partial charge in [0.25, 0.3) is 0 Å². The quantitative estimate of drug-likeness (QED) is 0.405. The Morgan fingerprint density at radius 3 is 2.03 bits per heavy atom. The Labute approximate surface area is 182 Å². The first kappa shape index (κ1) is 20.5. The summed E-state index contributed by atoms with van der Waals surface area (Å²) < 4.78 is 12.3. The van der Waals surface area contributed by atoms with Crippen molar-refractivity contribution in [2.45, 2.75) is 26.6 Å². The molecule has 0 bridgehead atoms. The van der Waals surface area contributed by atoms with Crippen molar-refractivity contribution in [1.82, 2.24) is 10.3 Å². The van der Waals surface area contributed by atoms with Crippen LogP contribution in [0.25, 0.3) is 10.9 Å². The Kier molecular flexibility index (Phi) is 6.53. The van der Waals surface area contributed by atoms with Crippen LogP contribution < -0.4 is 14.8 Å².